The molecule has 5 nitrogen and oxygen atoms in total. The molecule has 1 fully saturated rings. The van der Waals surface area contributed by atoms with Crippen molar-refractivity contribution in [2.75, 3.05) is 4.90 Å². The van der Waals surface area contributed by atoms with Crippen LogP contribution in [0.2, 0.25) is 5.02 Å². The average molecular weight is 457 g/mol. The van der Waals surface area contributed by atoms with E-state index in [4.69, 9.17) is 11.6 Å². The van der Waals surface area contributed by atoms with Crippen LogP contribution in [-0.4, -0.2) is 22.6 Å². The van der Waals surface area contributed by atoms with Crippen molar-refractivity contribution in [2.24, 2.45) is 0 Å². The van der Waals surface area contributed by atoms with Crippen LogP contribution >= 0.6 is 23.4 Å². The van der Waals surface area contributed by atoms with Crippen LogP contribution in [-0.2, 0) is 15.0 Å². The van der Waals surface area contributed by atoms with Crippen LogP contribution in [0.4, 0.5) is 14.9 Å². The first kappa shape index (κ1) is 20.3. The van der Waals surface area contributed by atoms with Gasteiger partial charge in [-0.05, 0) is 67.4 Å². The van der Waals surface area contributed by atoms with Crippen LogP contribution in [0.5, 0.6) is 0 Å². The van der Waals surface area contributed by atoms with Gasteiger partial charge in [0.15, 0.2) is 0 Å². The Hall–Kier alpha value is -2.64. The zero-order valence-electron chi connectivity index (χ0n) is 17.0. The van der Waals surface area contributed by atoms with Gasteiger partial charge in [-0.1, -0.05) is 30.7 Å². The molecule has 0 saturated carbocycles. The maximum atomic E-state index is 14.9. The second kappa shape index (κ2) is 6.43. The number of thioether (sulfide) groups is 1. The molecule has 1 unspecified atom stereocenters. The van der Waals surface area contributed by atoms with E-state index in [1.807, 2.05) is 32.9 Å². The number of hydrogen-bond acceptors (Lipinski definition) is 4. The van der Waals surface area contributed by atoms with E-state index < -0.39 is 33.8 Å². The van der Waals surface area contributed by atoms with Gasteiger partial charge < -0.3 is 4.90 Å². The number of imide groups is 1. The molecule has 0 bridgehead atoms. The summed E-state index contributed by atoms with van der Waals surface area (Å²) in [6.07, 6.45) is 0.532. The largest absolute Gasteiger partial charge is 0.302 e. The van der Waals surface area contributed by atoms with Crippen molar-refractivity contribution >= 4 is 51.7 Å². The summed E-state index contributed by atoms with van der Waals surface area (Å²) < 4.78 is 14.9. The Labute approximate surface area is 187 Å². The highest BCUT2D eigenvalue weighted by Crippen LogP contribution is 2.57. The molecule has 5 rings (SSSR count). The Kier molecular flexibility index (Phi) is 4.21. The Morgan fingerprint density at radius 2 is 1.77 bits per heavy atom. The molecular formula is C23H18ClFN2O3S. The third-order valence-electron chi connectivity index (χ3n) is 6.30. The summed E-state index contributed by atoms with van der Waals surface area (Å²) in [7, 11) is 0. The number of nitrogens with one attached hydrogen (secondary N) is 1. The predicted molar refractivity (Wildman–Crippen MR) is 119 cm³/mol. The first-order valence-electron chi connectivity index (χ1n) is 9.75. The SMILES string of the molecule is CC1(c2ccc(Cl)cc2)CC(C)(C)N2C(=O)C(=C3SC(=O)NC3=O)c3cc(F)cc1c32. The molecule has 158 valence electrons. The van der Waals surface area contributed by atoms with Gasteiger partial charge in [-0.3, -0.25) is 19.7 Å². The number of rotatable bonds is 1. The first-order chi connectivity index (χ1) is 14.5. The third-order valence-corrected chi connectivity index (χ3v) is 7.43. The van der Waals surface area contributed by atoms with Crippen LogP contribution in [0.3, 0.4) is 0 Å². The van der Waals surface area contributed by atoms with Gasteiger partial charge in [0.25, 0.3) is 17.1 Å². The zero-order valence-corrected chi connectivity index (χ0v) is 18.6. The van der Waals surface area contributed by atoms with Crippen LogP contribution in [0.25, 0.3) is 5.57 Å². The van der Waals surface area contributed by atoms with Gasteiger partial charge in [0, 0.05) is 21.5 Å². The van der Waals surface area contributed by atoms with Gasteiger partial charge in [-0.25, -0.2) is 4.39 Å². The number of carbonyl (C=O) groups is 3. The Balaban J connectivity index is 1.84. The van der Waals surface area contributed by atoms with E-state index in [0.29, 0.717) is 40.0 Å². The standard InChI is InChI=1S/C23H18ClFN2O3S/c1-22(2)10-23(3,11-4-6-12(24)7-5-11)15-9-13(25)8-14-16(20(29)27(22)17(14)15)18-19(28)26-21(30)31-18/h4-9H,10H2,1-3H3,(H,26,28,30). The topological polar surface area (TPSA) is 66.5 Å². The third kappa shape index (κ3) is 2.79. The summed E-state index contributed by atoms with van der Waals surface area (Å²) in [5, 5.41) is 2.25. The average Bonchev–Trinajstić information content (AvgIpc) is 3.15. The molecule has 3 amide bonds. The molecule has 1 saturated heterocycles. The fraction of sp³-hybridized carbons (Fsp3) is 0.261. The lowest BCUT2D eigenvalue weighted by atomic mass is 9.65. The Morgan fingerprint density at radius 3 is 2.39 bits per heavy atom. The van der Waals surface area contributed by atoms with Crippen molar-refractivity contribution in [3.8, 4) is 0 Å². The number of amides is 3. The van der Waals surface area contributed by atoms with Gasteiger partial charge in [-0.15, -0.1) is 0 Å². The van der Waals surface area contributed by atoms with Gasteiger partial charge in [0.1, 0.15) is 5.82 Å². The molecule has 1 N–H and O–H groups in total. The van der Waals surface area contributed by atoms with Crippen molar-refractivity contribution in [2.45, 2.75) is 38.1 Å². The molecule has 31 heavy (non-hydrogen) atoms. The molecule has 0 radical (unpaired) electrons. The second-order valence-corrected chi connectivity index (χ2v) is 10.3. The zero-order chi connectivity index (χ0) is 22.3. The van der Waals surface area contributed by atoms with Crippen LogP contribution in [0, 0.1) is 5.82 Å². The number of anilines is 1. The molecule has 3 heterocycles. The summed E-state index contributed by atoms with van der Waals surface area (Å²) in [6, 6.07) is 10.2. The number of benzene rings is 2. The molecular weight excluding hydrogens is 439 g/mol. The fourth-order valence-electron chi connectivity index (χ4n) is 5.17. The van der Waals surface area contributed by atoms with Crippen molar-refractivity contribution in [1.29, 1.82) is 0 Å². The monoisotopic (exact) mass is 456 g/mol. The minimum atomic E-state index is -0.630. The number of hydrogen-bond donors (Lipinski definition) is 1. The maximum absolute atomic E-state index is 14.9. The summed E-state index contributed by atoms with van der Waals surface area (Å²) >= 11 is 6.76. The molecule has 3 aliphatic heterocycles. The normalized spacial score (nSPS) is 26.4. The summed E-state index contributed by atoms with van der Waals surface area (Å²) in [5.74, 6) is -1.53. The highest BCUT2D eigenvalue weighted by atomic mass is 35.5. The van der Waals surface area contributed by atoms with Crippen LogP contribution < -0.4 is 10.2 Å². The van der Waals surface area contributed by atoms with Gasteiger partial charge in [0.05, 0.1) is 16.2 Å². The molecule has 0 aliphatic carbocycles. The molecule has 2 aromatic carbocycles. The summed E-state index contributed by atoms with van der Waals surface area (Å²) in [6.45, 7) is 5.94. The lowest BCUT2D eigenvalue weighted by Crippen LogP contribution is -2.54. The van der Waals surface area contributed by atoms with Crippen molar-refractivity contribution < 1.29 is 18.8 Å². The van der Waals surface area contributed by atoms with E-state index in [9.17, 15) is 18.8 Å². The Bertz CT molecular complexity index is 1240. The van der Waals surface area contributed by atoms with Crippen LogP contribution in [0.15, 0.2) is 41.3 Å². The second-order valence-electron chi connectivity index (χ2n) is 8.87. The highest BCUT2D eigenvalue weighted by molar-refractivity contribution is 8.18. The smallest absolute Gasteiger partial charge is 0.290 e. The van der Waals surface area contributed by atoms with Gasteiger partial charge in [-0.2, -0.15) is 0 Å². The maximum Gasteiger partial charge on any atom is 0.290 e. The molecule has 0 aromatic heterocycles. The summed E-state index contributed by atoms with van der Waals surface area (Å²) in [5.41, 5.74) is 1.42. The highest BCUT2D eigenvalue weighted by Gasteiger charge is 2.54. The van der Waals surface area contributed by atoms with E-state index in [2.05, 4.69) is 5.32 Å². The predicted octanol–water partition coefficient (Wildman–Crippen LogP) is 5.01. The van der Waals surface area contributed by atoms with E-state index >= 15 is 0 Å². The number of nitrogens with zero attached hydrogens (tertiary/aromatic N) is 1. The molecule has 3 aliphatic rings. The van der Waals surface area contributed by atoms with Crippen molar-refractivity contribution in [3.63, 3.8) is 0 Å². The first-order valence-corrected chi connectivity index (χ1v) is 10.9. The molecule has 2 aromatic rings. The minimum Gasteiger partial charge on any atom is -0.302 e. The van der Waals surface area contributed by atoms with Crippen molar-refractivity contribution in [1.82, 2.24) is 5.32 Å². The fourth-order valence-corrected chi connectivity index (χ4v) is 6.07. The van der Waals surface area contributed by atoms with E-state index in [1.54, 1.807) is 17.0 Å². The lowest BCUT2D eigenvalue weighted by molar-refractivity contribution is -0.116. The van der Waals surface area contributed by atoms with E-state index in [-0.39, 0.29) is 10.5 Å². The lowest BCUT2D eigenvalue weighted by Gasteiger charge is -2.49. The van der Waals surface area contributed by atoms with Gasteiger partial charge in [0.2, 0.25) is 0 Å². The van der Waals surface area contributed by atoms with Crippen molar-refractivity contribution in [3.05, 3.63) is 68.8 Å². The van der Waals surface area contributed by atoms with E-state index in [0.717, 1.165) is 5.56 Å². The van der Waals surface area contributed by atoms with E-state index in [1.165, 1.54) is 12.1 Å². The molecule has 1 atom stereocenters. The van der Waals surface area contributed by atoms with Gasteiger partial charge >= 0.3 is 0 Å². The van der Waals surface area contributed by atoms with Crippen LogP contribution in [0.1, 0.15) is 43.9 Å². The summed E-state index contributed by atoms with van der Waals surface area (Å²) in [4.78, 5) is 39.4. The number of halogens is 2. The quantitative estimate of drug-likeness (QED) is 0.613. The Morgan fingerprint density at radius 1 is 1.10 bits per heavy atom. The number of carbonyl (C=O) groups excluding carboxylic acids is 3. The molecule has 8 heteroatoms. The molecule has 0 spiro atoms. The minimum absolute atomic E-state index is 0.0150.